The number of hydrogen-bond acceptors (Lipinski definition) is 3. The number of nitrogens with one attached hydrogen (secondary N) is 1. The lowest BCUT2D eigenvalue weighted by Crippen LogP contribution is -2.41. The van der Waals surface area contributed by atoms with Crippen LogP contribution in [0.3, 0.4) is 0 Å². The van der Waals surface area contributed by atoms with Crippen molar-refractivity contribution in [3.63, 3.8) is 0 Å². The van der Waals surface area contributed by atoms with Crippen molar-refractivity contribution in [2.45, 2.75) is 25.8 Å². The van der Waals surface area contributed by atoms with E-state index in [1.165, 1.54) is 6.92 Å². The van der Waals surface area contributed by atoms with Gasteiger partial charge in [0.2, 0.25) is 10.0 Å². The molecule has 0 heterocycles. The zero-order valence-corrected chi connectivity index (χ0v) is 11.0. The van der Waals surface area contributed by atoms with Crippen LogP contribution in [0.25, 0.3) is 0 Å². The zero-order chi connectivity index (χ0) is 13.6. The van der Waals surface area contributed by atoms with Gasteiger partial charge in [-0.2, -0.15) is 0 Å². The summed E-state index contributed by atoms with van der Waals surface area (Å²) in [6.45, 7) is 1.47. The van der Waals surface area contributed by atoms with Gasteiger partial charge in [-0.15, -0.1) is 0 Å². The molecule has 0 bridgehead atoms. The largest absolute Gasteiger partial charge is 0.480 e. The Morgan fingerprint density at radius 2 is 1.94 bits per heavy atom. The maximum atomic E-state index is 11.4. The van der Waals surface area contributed by atoms with Crippen LogP contribution in [0.4, 0.5) is 0 Å². The van der Waals surface area contributed by atoms with Gasteiger partial charge in [0, 0.05) is 0 Å². The quantitative estimate of drug-likeness (QED) is 0.775. The number of carboxylic acids is 1. The summed E-state index contributed by atoms with van der Waals surface area (Å²) in [4.78, 5) is 11.0. The van der Waals surface area contributed by atoms with Crippen molar-refractivity contribution in [2.75, 3.05) is 5.75 Å². The second kappa shape index (κ2) is 6.51. The molecule has 0 aliphatic carbocycles. The fraction of sp³-hybridized carbons (Fsp3) is 0.417. The topological polar surface area (TPSA) is 83.5 Å². The molecule has 0 aromatic heterocycles. The van der Waals surface area contributed by atoms with Crippen LogP contribution in [-0.2, 0) is 21.2 Å². The summed E-state index contributed by atoms with van der Waals surface area (Å²) >= 11 is 0. The average molecular weight is 271 g/mol. The summed E-state index contributed by atoms with van der Waals surface area (Å²) in [6.07, 6.45) is 0.753. The molecule has 0 fully saturated rings. The highest BCUT2D eigenvalue weighted by molar-refractivity contribution is 7.89. The lowest BCUT2D eigenvalue weighted by Gasteiger charge is -2.13. The molecule has 1 aromatic carbocycles. The number of aliphatic carboxylic acids is 1. The number of aryl methyl sites for hydroxylation is 1. The van der Waals surface area contributed by atoms with Crippen LogP contribution in [0.1, 0.15) is 18.9 Å². The number of rotatable bonds is 7. The molecular weight excluding hydrogens is 254 g/mol. The van der Waals surface area contributed by atoms with Crippen molar-refractivity contribution >= 4 is 16.0 Å². The van der Waals surface area contributed by atoms with Gasteiger partial charge in [0.25, 0.3) is 0 Å². The molecule has 1 aromatic rings. The lowest BCUT2D eigenvalue weighted by molar-refractivity contribution is -0.139. The van der Waals surface area contributed by atoms with Crippen LogP contribution >= 0.6 is 0 Å². The summed E-state index contributed by atoms with van der Waals surface area (Å²) < 4.78 is 24.9. The van der Waals surface area contributed by atoms with Gasteiger partial charge >= 0.3 is 5.97 Å². The molecule has 0 amide bonds. The minimum Gasteiger partial charge on any atom is -0.480 e. The third-order valence-electron chi connectivity index (χ3n) is 2.56. The Morgan fingerprint density at radius 1 is 1.33 bits per heavy atom. The van der Waals surface area contributed by atoms with Gasteiger partial charge in [-0.3, -0.25) is 4.79 Å². The van der Waals surface area contributed by atoms with Gasteiger partial charge in [0.15, 0.2) is 0 Å². The van der Waals surface area contributed by atoms with Crippen LogP contribution < -0.4 is 4.72 Å². The molecule has 0 aliphatic rings. The maximum Gasteiger partial charge on any atom is 0.321 e. The predicted octanol–water partition coefficient (Wildman–Crippen LogP) is 1.01. The van der Waals surface area contributed by atoms with Gasteiger partial charge in [0.05, 0.1) is 5.75 Å². The second-order valence-electron chi connectivity index (χ2n) is 3.94. The molecule has 0 spiro atoms. The van der Waals surface area contributed by atoms with Crippen molar-refractivity contribution in [3.05, 3.63) is 35.9 Å². The maximum absolute atomic E-state index is 11.4. The number of sulfonamides is 1. The third kappa shape index (κ3) is 4.85. The summed E-state index contributed by atoms with van der Waals surface area (Å²) in [5.41, 5.74) is 0.986. The molecule has 2 N–H and O–H groups in total. The standard InChI is InChI=1S/C12H17NO4S/c1-2-18(16,17)13-11(12(14)15)9-8-10-6-4-3-5-7-10/h3-7,11,13H,2,8-9H2,1H3,(H,14,15). The minimum atomic E-state index is -3.50. The Morgan fingerprint density at radius 3 is 2.44 bits per heavy atom. The van der Waals surface area contributed by atoms with Crippen LogP contribution in [0.5, 0.6) is 0 Å². The first kappa shape index (κ1) is 14.7. The Kier molecular flexibility index (Phi) is 5.30. The normalized spacial score (nSPS) is 13.2. The monoisotopic (exact) mass is 271 g/mol. The van der Waals surface area contributed by atoms with E-state index in [0.29, 0.717) is 6.42 Å². The first-order chi connectivity index (χ1) is 8.44. The number of carbonyl (C=O) groups is 1. The number of benzene rings is 1. The van der Waals surface area contributed by atoms with Crippen LogP contribution in [0.15, 0.2) is 30.3 Å². The summed E-state index contributed by atoms with van der Waals surface area (Å²) in [7, 11) is -3.50. The Balaban J connectivity index is 2.62. The van der Waals surface area contributed by atoms with E-state index in [2.05, 4.69) is 4.72 Å². The zero-order valence-electron chi connectivity index (χ0n) is 10.2. The lowest BCUT2D eigenvalue weighted by atomic mass is 10.1. The average Bonchev–Trinajstić information content (AvgIpc) is 2.35. The second-order valence-corrected chi connectivity index (χ2v) is 5.98. The Bertz CT molecular complexity index is 484. The van der Waals surface area contributed by atoms with Crippen molar-refractivity contribution < 1.29 is 18.3 Å². The first-order valence-electron chi connectivity index (χ1n) is 5.71. The molecule has 5 nitrogen and oxygen atoms in total. The molecule has 1 atom stereocenters. The molecule has 100 valence electrons. The molecule has 0 aliphatic heterocycles. The smallest absolute Gasteiger partial charge is 0.321 e. The van der Waals surface area contributed by atoms with E-state index in [9.17, 15) is 13.2 Å². The summed E-state index contributed by atoms with van der Waals surface area (Å²) in [5.74, 6) is -1.27. The van der Waals surface area contributed by atoms with Crippen LogP contribution in [0, 0.1) is 0 Å². The van der Waals surface area contributed by atoms with E-state index in [0.717, 1.165) is 5.56 Å². The summed E-state index contributed by atoms with van der Waals surface area (Å²) in [5, 5.41) is 8.98. The van der Waals surface area contributed by atoms with E-state index in [-0.39, 0.29) is 12.2 Å². The molecular formula is C12H17NO4S. The predicted molar refractivity (Wildman–Crippen MR) is 68.8 cm³/mol. The van der Waals surface area contributed by atoms with Crippen LogP contribution in [-0.4, -0.2) is 31.3 Å². The highest BCUT2D eigenvalue weighted by atomic mass is 32.2. The van der Waals surface area contributed by atoms with Gasteiger partial charge < -0.3 is 5.11 Å². The molecule has 1 unspecified atom stereocenters. The van der Waals surface area contributed by atoms with E-state index >= 15 is 0 Å². The Hall–Kier alpha value is -1.40. The van der Waals surface area contributed by atoms with E-state index in [4.69, 9.17) is 5.11 Å². The molecule has 0 saturated carbocycles. The van der Waals surface area contributed by atoms with Crippen LogP contribution in [0.2, 0.25) is 0 Å². The minimum absolute atomic E-state index is 0.123. The first-order valence-corrected chi connectivity index (χ1v) is 7.36. The van der Waals surface area contributed by atoms with E-state index in [1.54, 1.807) is 0 Å². The SMILES string of the molecule is CCS(=O)(=O)NC(CCc1ccccc1)C(=O)O. The fourth-order valence-corrected chi connectivity index (χ4v) is 2.31. The molecule has 18 heavy (non-hydrogen) atoms. The fourth-order valence-electron chi connectivity index (χ4n) is 1.49. The van der Waals surface area contributed by atoms with Gasteiger partial charge in [-0.25, -0.2) is 13.1 Å². The highest BCUT2D eigenvalue weighted by Crippen LogP contribution is 2.06. The van der Waals surface area contributed by atoms with E-state index < -0.39 is 22.0 Å². The van der Waals surface area contributed by atoms with E-state index in [1.807, 2.05) is 30.3 Å². The van der Waals surface area contributed by atoms with Crippen molar-refractivity contribution in [3.8, 4) is 0 Å². The van der Waals surface area contributed by atoms with Gasteiger partial charge in [0.1, 0.15) is 6.04 Å². The highest BCUT2D eigenvalue weighted by Gasteiger charge is 2.22. The molecule has 0 radical (unpaired) electrons. The number of hydrogen-bond donors (Lipinski definition) is 2. The van der Waals surface area contributed by atoms with Crippen molar-refractivity contribution in [1.29, 1.82) is 0 Å². The summed E-state index contributed by atoms with van der Waals surface area (Å²) in [6, 6.07) is 8.29. The molecule has 6 heteroatoms. The molecule has 1 rings (SSSR count). The Labute approximate surface area is 107 Å². The van der Waals surface area contributed by atoms with Crippen molar-refractivity contribution in [2.24, 2.45) is 0 Å². The molecule has 0 saturated heterocycles. The third-order valence-corrected chi connectivity index (χ3v) is 3.97. The van der Waals surface area contributed by atoms with Gasteiger partial charge in [-0.1, -0.05) is 30.3 Å². The van der Waals surface area contributed by atoms with Gasteiger partial charge in [-0.05, 0) is 25.3 Å². The van der Waals surface area contributed by atoms with Crippen molar-refractivity contribution in [1.82, 2.24) is 4.72 Å². The number of carboxylic acid groups (broad SMARTS) is 1.